The van der Waals surface area contributed by atoms with E-state index >= 15 is 0 Å². The molecule has 3 aromatic rings. The van der Waals surface area contributed by atoms with Crippen molar-refractivity contribution in [2.45, 2.75) is 25.7 Å². The highest BCUT2D eigenvalue weighted by molar-refractivity contribution is 6.00. The first kappa shape index (κ1) is 14.7. The highest BCUT2D eigenvalue weighted by Gasteiger charge is 2.18. The van der Waals surface area contributed by atoms with Gasteiger partial charge in [-0.3, -0.25) is 4.68 Å². The molecule has 2 aromatic heterocycles. The van der Waals surface area contributed by atoms with Crippen LogP contribution in [0, 0.1) is 0 Å². The minimum atomic E-state index is -1.01. The van der Waals surface area contributed by atoms with Crippen LogP contribution in [0.3, 0.4) is 0 Å². The Morgan fingerprint density at radius 3 is 2.96 bits per heavy atom. The molecule has 1 aliphatic rings. The van der Waals surface area contributed by atoms with Crippen molar-refractivity contribution in [2.75, 3.05) is 0 Å². The first-order valence-electron chi connectivity index (χ1n) is 7.99. The van der Waals surface area contributed by atoms with E-state index in [0.717, 1.165) is 18.5 Å². The number of oxazole rings is 1. The average Bonchev–Trinajstić information content (AvgIpc) is 3.12. The molecule has 0 atom stereocenters. The second kappa shape index (κ2) is 5.63. The lowest BCUT2D eigenvalue weighted by molar-refractivity contribution is 0.0699. The molecule has 0 fully saturated rings. The number of nitrogens with zero attached hydrogens (tertiary/aromatic N) is 3. The van der Waals surface area contributed by atoms with Crippen LogP contribution in [0.2, 0.25) is 0 Å². The number of aromatic nitrogens is 3. The predicted molar refractivity (Wildman–Crippen MR) is 89.7 cm³/mol. The molecule has 0 amide bonds. The van der Waals surface area contributed by atoms with Crippen LogP contribution in [0.15, 0.2) is 22.6 Å². The molecule has 0 bridgehead atoms. The fourth-order valence-electron chi connectivity index (χ4n) is 3.27. The molecular formula is C18H17N3O3. The lowest BCUT2D eigenvalue weighted by atomic mass is 9.96. The minimum absolute atomic E-state index is 0.147. The highest BCUT2D eigenvalue weighted by Crippen LogP contribution is 2.26. The van der Waals surface area contributed by atoms with Gasteiger partial charge in [0.05, 0.1) is 17.0 Å². The summed E-state index contributed by atoms with van der Waals surface area (Å²) in [5.41, 5.74) is 4.52. The number of para-hydroxylation sites is 1. The van der Waals surface area contributed by atoms with Gasteiger partial charge in [-0.25, -0.2) is 9.78 Å². The van der Waals surface area contributed by atoms with Gasteiger partial charge in [0.2, 0.25) is 5.89 Å². The second-order valence-corrected chi connectivity index (χ2v) is 5.98. The van der Waals surface area contributed by atoms with Gasteiger partial charge in [-0.2, -0.15) is 5.10 Å². The van der Waals surface area contributed by atoms with Gasteiger partial charge in [-0.1, -0.05) is 6.07 Å². The van der Waals surface area contributed by atoms with Crippen LogP contribution in [0.5, 0.6) is 0 Å². The van der Waals surface area contributed by atoms with Crippen LogP contribution in [0.25, 0.3) is 23.3 Å². The molecule has 1 aromatic carbocycles. The Morgan fingerprint density at radius 1 is 1.29 bits per heavy atom. The van der Waals surface area contributed by atoms with E-state index in [0.29, 0.717) is 17.0 Å². The van der Waals surface area contributed by atoms with Crippen molar-refractivity contribution in [2.24, 2.45) is 7.05 Å². The van der Waals surface area contributed by atoms with E-state index in [9.17, 15) is 9.90 Å². The molecular weight excluding hydrogens is 306 g/mol. The maximum Gasteiger partial charge on any atom is 0.338 e. The number of benzene rings is 1. The Labute approximate surface area is 138 Å². The van der Waals surface area contributed by atoms with Gasteiger partial charge in [0, 0.05) is 18.7 Å². The Bertz CT molecular complexity index is 965. The molecule has 0 spiro atoms. The SMILES string of the molecule is Cn1nc2c(c1/C=C/c1nc3c(C(=O)O)cccc3o1)CCCC2. The van der Waals surface area contributed by atoms with Crippen LogP contribution >= 0.6 is 0 Å². The number of aromatic carboxylic acids is 1. The summed E-state index contributed by atoms with van der Waals surface area (Å²) in [5.74, 6) is -0.616. The normalized spacial score (nSPS) is 14.4. The third-order valence-corrected chi connectivity index (χ3v) is 4.42. The van der Waals surface area contributed by atoms with Gasteiger partial charge >= 0.3 is 5.97 Å². The standard InChI is InChI=1S/C18H17N3O3/c1-21-14(11-5-2-3-7-13(11)20-21)9-10-16-19-17-12(18(22)23)6-4-8-15(17)24-16/h4,6,8-10H,2-3,5,7H2,1H3,(H,22,23)/b10-9+. The van der Waals surface area contributed by atoms with Crippen molar-refractivity contribution in [1.29, 1.82) is 0 Å². The maximum atomic E-state index is 11.3. The van der Waals surface area contributed by atoms with Gasteiger partial charge in [-0.15, -0.1) is 0 Å². The number of fused-ring (bicyclic) bond motifs is 2. The van der Waals surface area contributed by atoms with Crippen LogP contribution in [0.4, 0.5) is 0 Å². The Kier molecular flexibility index (Phi) is 3.45. The van der Waals surface area contributed by atoms with Crippen molar-refractivity contribution in [3.63, 3.8) is 0 Å². The zero-order valence-electron chi connectivity index (χ0n) is 13.3. The monoisotopic (exact) mass is 323 g/mol. The van der Waals surface area contributed by atoms with Crippen LogP contribution < -0.4 is 0 Å². The number of carbonyl (C=O) groups is 1. The Hall–Kier alpha value is -2.89. The zero-order chi connectivity index (χ0) is 16.7. The molecule has 1 aliphatic carbocycles. The molecule has 0 saturated heterocycles. The van der Waals surface area contributed by atoms with E-state index in [1.54, 1.807) is 18.2 Å². The van der Waals surface area contributed by atoms with E-state index in [2.05, 4.69) is 10.1 Å². The number of hydrogen-bond donors (Lipinski definition) is 1. The molecule has 0 radical (unpaired) electrons. The van der Waals surface area contributed by atoms with Crippen LogP contribution in [-0.4, -0.2) is 25.8 Å². The van der Waals surface area contributed by atoms with Gasteiger partial charge < -0.3 is 9.52 Å². The molecule has 0 unspecified atom stereocenters. The zero-order valence-corrected chi connectivity index (χ0v) is 13.3. The van der Waals surface area contributed by atoms with Crippen LogP contribution in [-0.2, 0) is 19.9 Å². The third-order valence-electron chi connectivity index (χ3n) is 4.42. The highest BCUT2D eigenvalue weighted by atomic mass is 16.4. The lowest BCUT2D eigenvalue weighted by Crippen LogP contribution is -2.00. The quantitative estimate of drug-likeness (QED) is 0.799. The average molecular weight is 323 g/mol. The Morgan fingerprint density at radius 2 is 2.12 bits per heavy atom. The minimum Gasteiger partial charge on any atom is -0.478 e. The summed E-state index contributed by atoms with van der Waals surface area (Å²) in [6, 6.07) is 4.90. The molecule has 0 aliphatic heterocycles. The van der Waals surface area contributed by atoms with Crippen molar-refractivity contribution < 1.29 is 14.3 Å². The van der Waals surface area contributed by atoms with Crippen LogP contribution in [0.1, 0.15) is 46.0 Å². The molecule has 0 saturated carbocycles. The largest absolute Gasteiger partial charge is 0.478 e. The summed E-state index contributed by atoms with van der Waals surface area (Å²) < 4.78 is 7.54. The van der Waals surface area contributed by atoms with Gasteiger partial charge in [0.1, 0.15) is 5.52 Å². The summed E-state index contributed by atoms with van der Waals surface area (Å²) in [6.07, 6.45) is 8.17. The lowest BCUT2D eigenvalue weighted by Gasteiger charge is -2.09. The van der Waals surface area contributed by atoms with E-state index in [-0.39, 0.29) is 5.56 Å². The molecule has 6 heteroatoms. The smallest absolute Gasteiger partial charge is 0.338 e. The van der Waals surface area contributed by atoms with Gasteiger partial charge in [0.25, 0.3) is 0 Å². The van der Waals surface area contributed by atoms with Crippen molar-refractivity contribution >= 4 is 29.2 Å². The van der Waals surface area contributed by atoms with E-state index in [4.69, 9.17) is 4.42 Å². The van der Waals surface area contributed by atoms with Gasteiger partial charge in [0.15, 0.2) is 5.58 Å². The fraction of sp³-hybridized carbons (Fsp3) is 0.278. The summed E-state index contributed by atoms with van der Waals surface area (Å²) in [7, 11) is 1.94. The van der Waals surface area contributed by atoms with E-state index in [1.807, 2.05) is 17.8 Å². The topological polar surface area (TPSA) is 81.2 Å². The van der Waals surface area contributed by atoms with Crippen molar-refractivity contribution in [3.8, 4) is 0 Å². The predicted octanol–water partition coefficient (Wildman–Crippen LogP) is 3.31. The number of hydrogen-bond acceptors (Lipinski definition) is 4. The van der Waals surface area contributed by atoms with Crippen molar-refractivity contribution in [1.82, 2.24) is 14.8 Å². The van der Waals surface area contributed by atoms with Crippen molar-refractivity contribution in [3.05, 3.63) is 46.6 Å². The third kappa shape index (κ3) is 2.40. The summed E-state index contributed by atoms with van der Waals surface area (Å²) in [5, 5.41) is 13.8. The molecule has 24 heavy (non-hydrogen) atoms. The molecule has 122 valence electrons. The first-order chi connectivity index (χ1) is 11.6. The Balaban J connectivity index is 1.72. The number of carboxylic acid groups (broad SMARTS) is 1. The molecule has 4 rings (SSSR count). The second-order valence-electron chi connectivity index (χ2n) is 5.98. The van der Waals surface area contributed by atoms with E-state index in [1.165, 1.54) is 30.2 Å². The fourth-order valence-corrected chi connectivity index (χ4v) is 3.27. The van der Waals surface area contributed by atoms with Gasteiger partial charge in [-0.05, 0) is 43.9 Å². The molecule has 6 nitrogen and oxygen atoms in total. The molecule has 2 heterocycles. The maximum absolute atomic E-state index is 11.3. The first-order valence-corrected chi connectivity index (χ1v) is 7.99. The van der Waals surface area contributed by atoms with E-state index < -0.39 is 5.97 Å². The summed E-state index contributed by atoms with van der Waals surface area (Å²) in [6.45, 7) is 0. The molecule has 1 N–H and O–H groups in total. The summed E-state index contributed by atoms with van der Waals surface area (Å²) in [4.78, 5) is 15.6. The summed E-state index contributed by atoms with van der Waals surface area (Å²) >= 11 is 0. The number of carboxylic acids is 1. The number of rotatable bonds is 3. The number of aryl methyl sites for hydroxylation is 2.